The van der Waals surface area contributed by atoms with Gasteiger partial charge in [-0.2, -0.15) is 0 Å². The third-order valence-electron chi connectivity index (χ3n) is 4.38. The second-order valence-corrected chi connectivity index (χ2v) is 8.05. The van der Waals surface area contributed by atoms with Crippen LogP contribution in [0.2, 0.25) is 0 Å². The summed E-state index contributed by atoms with van der Waals surface area (Å²) in [4.78, 5) is 16.0. The predicted molar refractivity (Wildman–Crippen MR) is 81.1 cm³/mol. The van der Waals surface area contributed by atoms with E-state index < -0.39 is 9.84 Å². The van der Waals surface area contributed by atoms with Crippen LogP contribution in [0.25, 0.3) is 0 Å². The molecular weight excluding hydrogens is 304 g/mol. The molecule has 2 aliphatic heterocycles. The number of likely N-dealkylation sites (tertiary alicyclic amines) is 1. The van der Waals surface area contributed by atoms with E-state index in [0.717, 1.165) is 25.2 Å². The lowest BCUT2D eigenvalue weighted by atomic mass is 10.1. The molecule has 0 spiro atoms. The summed E-state index contributed by atoms with van der Waals surface area (Å²) in [6.45, 7) is 2.45. The van der Waals surface area contributed by atoms with Crippen LogP contribution in [0.3, 0.4) is 0 Å². The summed E-state index contributed by atoms with van der Waals surface area (Å²) in [6.07, 6.45) is 1.27. The molecule has 1 aromatic rings. The first kappa shape index (κ1) is 15.5. The number of fused-ring (bicyclic) bond motifs is 1. The fraction of sp³-hybridized carbons (Fsp3) is 0.533. The minimum absolute atomic E-state index is 0.0283. The Labute approximate surface area is 130 Å². The quantitative estimate of drug-likeness (QED) is 0.791. The average Bonchev–Trinajstić information content (AvgIpc) is 2.86. The van der Waals surface area contributed by atoms with Gasteiger partial charge in [0.25, 0.3) is 0 Å². The van der Waals surface area contributed by atoms with Crippen molar-refractivity contribution in [1.29, 1.82) is 0 Å². The van der Waals surface area contributed by atoms with Gasteiger partial charge in [-0.3, -0.25) is 9.69 Å². The summed E-state index contributed by atoms with van der Waals surface area (Å²) < 4.78 is 28.5. The van der Waals surface area contributed by atoms with Crippen molar-refractivity contribution in [3.8, 4) is 0 Å². The van der Waals surface area contributed by atoms with E-state index in [0.29, 0.717) is 4.90 Å². The maximum Gasteiger partial charge on any atom is 0.248 e. The maximum atomic E-state index is 11.7. The lowest BCUT2D eigenvalue weighted by molar-refractivity contribution is -0.150. The predicted octanol–water partition coefficient (Wildman–Crippen LogP) is 0.132. The molecule has 0 aliphatic carbocycles. The molecule has 2 aliphatic rings. The smallest absolute Gasteiger partial charge is 0.248 e. The van der Waals surface area contributed by atoms with Crippen LogP contribution in [0.15, 0.2) is 29.2 Å². The van der Waals surface area contributed by atoms with Crippen LogP contribution < -0.4 is 0 Å². The molecule has 22 heavy (non-hydrogen) atoms. The molecule has 2 atom stereocenters. The largest absolute Gasteiger partial charge is 0.365 e. The molecule has 0 aromatic heterocycles. The Morgan fingerprint density at radius 2 is 1.91 bits per heavy atom. The number of likely N-dealkylation sites (N-methyl/N-ethyl adjacent to an activating group) is 1. The van der Waals surface area contributed by atoms with Gasteiger partial charge in [-0.15, -0.1) is 0 Å². The van der Waals surface area contributed by atoms with E-state index in [-0.39, 0.29) is 24.7 Å². The van der Waals surface area contributed by atoms with E-state index in [1.54, 1.807) is 17.0 Å². The fourth-order valence-electron chi connectivity index (χ4n) is 3.06. The van der Waals surface area contributed by atoms with Crippen LogP contribution in [0, 0.1) is 0 Å². The Morgan fingerprint density at radius 3 is 2.55 bits per heavy atom. The highest BCUT2D eigenvalue weighted by molar-refractivity contribution is 7.90. The lowest BCUT2D eigenvalue weighted by Crippen LogP contribution is -2.51. The monoisotopic (exact) mass is 324 g/mol. The van der Waals surface area contributed by atoms with Crippen LogP contribution in [-0.2, 0) is 25.9 Å². The third-order valence-corrected chi connectivity index (χ3v) is 5.51. The average molecular weight is 324 g/mol. The third kappa shape index (κ3) is 3.02. The molecule has 120 valence electrons. The number of amides is 1. The molecule has 0 N–H and O–H groups in total. The van der Waals surface area contributed by atoms with E-state index in [2.05, 4.69) is 4.90 Å². The molecule has 2 saturated heterocycles. The van der Waals surface area contributed by atoms with Crippen molar-refractivity contribution in [3.63, 3.8) is 0 Å². The van der Waals surface area contributed by atoms with Crippen molar-refractivity contribution in [3.05, 3.63) is 29.8 Å². The highest BCUT2D eigenvalue weighted by Gasteiger charge is 2.41. The number of carbonyl (C=O) groups excluding carboxylic acids is 1. The summed E-state index contributed by atoms with van der Waals surface area (Å²) in [6, 6.07) is 7.07. The number of carbonyl (C=O) groups is 1. The number of sulfone groups is 1. The Morgan fingerprint density at radius 1 is 1.23 bits per heavy atom. The van der Waals surface area contributed by atoms with E-state index in [1.807, 2.05) is 19.2 Å². The van der Waals surface area contributed by atoms with E-state index in [1.165, 1.54) is 6.26 Å². The fourth-order valence-corrected chi connectivity index (χ4v) is 3.69. The molecule has 0 radical (unpaired) electrons. The molecule has 0 unspecified atom stereocenters. The van der Waals surface area contributed by atoms with Crippen LogP contribution >= 0.6 is 0 Å². The van der Waals surface area contributed by atoms with Crippen LogP contribution in [0.1, 0.15) is 5.56 Å². The van der Waals surface area contributed by atoms with Crippen LogP contribution in [-0.4, -0.2) is 69.3 Å². The van der Waals surface area contributed by atoms with Gasteiger partial charge in [-0.25, -0.2) is 8.42 Å². The topological polar surface area (TPSA) is 66.9 Å². The van der Waals surface area contributed by atoms with Crippen molar-refractivity contribution >= 4 is 15.7 Å². The van der Waals surface area contributed by atoms with Crippen molar-refractivity contribution in [1.82, 2.24) is 9.80 Å². The van der Waals surface area contributed by atoms with Gasteiger partial charge < -0.3 is 9.64 Å². The Bertz CT molecular complexity index is 671. The standard InChI is InChI=1S/C15H20N2O4S/c1-16-13-8-17(9-14(13)21-10-15(16)18)7-11-3-5-12(6-4-11)22(2,19)20/h3-6,13-14H,7-10H2,1-2H3/t13-,14+/m1/s1. The van der Waals surface area contributed by atoms with E-state index in [4.69, 9.17) is 4.74 Å². The minimum atomic E-state index is -3.16. The Hall–Kier alpha value is -1.44. The number of ether oxygens (including phenoxy) is 1. The van der Waals surface area contributed by atoms with Gasteiger partial charge in [0.1, 0.15) is 6.61 Å². The van der Waals surface area contributed by atoms with Crippen molar-refractivity contribution in [2.75, 3.05) is 33.0 Å². The first-order valence-electron chi connectivity index (χ1n) is 7.23. The van der Waals surface area contributed by atoms with Gasteiger partial charge in [0, 0.05) is 32.9 Å². The molecular formula is C15H20N2O4S. The SMILES string of the molecule is CN1C(=O)CO[C@H]2CN(Cc3ccc(S(C)(=O)=O)cc3)C[C@H]21. The number of benzene rings is 1. The molecule has 3 rings (SSSR count). The minimum Gasteiger partial charge on any atom is -0.365 e. The zero-order chi connectivity index (χ0) is 15.9. The second kappa shape index (κ2) is 5.64. The maximum absolute atomic E-state index is 11.7. The summed E-state index contributed by atoms with van der Waals surface area (Å²) in [5.74, 6) is 0.0283. The summed E-state index contributed by atoms with van der Waals surface area (Å²) in [5, 5.41) is 0. The highest BCUT2D eigenvalue weighted by Crippen LogP contribution is 2.24. The summed E-state index contributed by atoms with van der Waals surface area (Å²) in [7, 11) is -1.33. The normalized spacial score (nSPS) is 26.3. The van der Waals surface area contributed by atoms with E-state index >= 15 is 0 Å². The van der Waals surface area contributed by atoms with Crippen molar-refractivity contribution in [2.24, 2.45) is 0 Å². The number of hydrogen-bond donors (Lipinski definition) is 0. The highest BCUT2D eigenvalue weighted by atomic mass is 32.2. The Kier molecular flexibility index (Phi) is 3.96. The second-order valence-electron chi connectivity index (χ2n) is 6.03. The van der Waals surface area contributed by atoms with Crippen LogP contribution in [0.4, 0.5) is 0 Å². The van der Waals surface area contributed by atoms with Gasteiger partial charge in [-0.1, -0.05) is 12.1 Å². The van der Waals surface area contributed by atoms with Crippen molar-refractivity contribution in [2.45, 2.75) is 23.6 Å². The lowest BCUT2D eigenvalue weighted by Gasteiger charge is -2.33. The van der Waals surface area contributed by atoms with Gasteiger partial charge in [0.15, 0.2) is 9.84 Å². The Balaban J connectivity index is 1.66. The molecule has 7 heteroatoms. The number of rotatable bonds is 3. The molecule has 0 bridgehead atoms. The number of nitrogens with zero attached hydrogens (tertiary/aromatic N) is 2. The number of morpholine rings is 1. The first-order valence-corrected chi connectivity index (χ1v) is 9.12. The molecule has 2 fully saturated rings. The van der Waals surface area contributed by atoms with E-state index in [9.17, 15) is 13.2 Å². The van der Waals surface area contributed by atoms with Gasteiger partial charge >= 0.3 is 0 Å². The zero-order valence-electron chi connectivity index (χ0n) is 12.7. The number of hydrogen-bond acceptors (Lipinski definition) is 5. The molecule has 6 nitrogen and oxygen atoms in total. The summed E-state index contributed by atoms with van der Waals surface area (Å²) in [5.41, 5.74) is 1.06. The zero-order valence-corrected chi connectivity index (χ0v) is 13.5. The molecule has 1 amide bonds. The molecule has 0 saturated carbocycles. The first-order chi connectivity index (χ1) is 10.3. The van der Waals surface area contributed by atoms with Gasteiger partial charge in [0.2, 0.25) is 5.91 Å². The summed E-state index contributed by atoms with van der Waals surface area (Å²) >= 11 is 0. The molecule has 1 aromatic carbocycles. The van der Waals surface area contributed by atoms with Crippen molar-refractivity contribution < 1.29 is 17.9 Å². The van der Waals surface area contributed by atoms with Crippen LogP contribution in [0.5, 0.6) is 0 Å². The van der Waals surface area contributed by atoms with Gasteiger partial charge in [-0.05, 0) is 17.7 Å². The van der Waals surface area contributed by atoms with Gasteiger partial charge in [0.05, 0.1) is 17.0 Å². The molecule has 2 heterocycles.